The van der Waals surface area contributed by atoms with Crippen molar-refractivity contribution in [1.29, 1.82) is 0 Å². The lowest BCUT2D eigenvalue weighted by molar-refractivity contribution is -0.384. The van der Waals surface area contributed by atoms with Crippen LogP contribution in [-0.2, 0) is 0 Å². The second kappa shape index (κ2) is 10.2. The quantitative estimate of drug-likeness (QED) is 0.380. The summed E-state index contributed by atoms with van der Waals surface area (Å²) in [7, 11) is 0. The van der Waals surface area contributed by atoms with Gasteiger partial charge in [-0.2, -0.15) is 0 Å². The number of aromatic carboxylic acids is 2. The number of non-ortho nitro benzene ring substituents is 1. The molecule has 0 bridgehead atoms. The molecule has 160 valence electrons. The summed E-state index contributed by atoms with van der Waals surface area (Å²) in [6, 6.07) is 16.4. The second-order valence-electron chi connectivity index (χ2n) is 6.33. The van der Waals surface area contributed by atoms with E-state index in [1.807, 2.05) is 30.3 Å². The zero-order valence-corrected chi connectivity index (χ0v) is 17.3. The van der Waals surface area contributed by atoms with Crippen molar-refractivity contribution in [3.63, 3.8) is 0 Å². The number of rotatable bonds is 5. The third-order valence-corrected chi connectivity index (χ3v) is 4.51. The summed E-state index contributed by atoms with van der Waals surface area (Å²) in [6.45, 7) is 3.20. The van der Waals surface area contributed by atoms with E-state index in [1.165, 1.54) is 31.2 Å². The largest absolute Gasteiger partial charge is 0.478 e. The van der Waals surface area contributed by atoms with Crippen LogP contribution >= 0.6 is 11.6 Å². The van der Waals surface area contributed by atoms with Gasteiger partial charge in [0.1, 0.15) is 11.5 Å². The number of nitro groups is 1. The third-order valence-electron chi connectivity index (χ3n) is 4.20. The number of hydrogen-bond acceptors (Lipinski definition) is 5. The van der Waals surface area contributed by atoms with Gasteiger partial charge in [0.05, 0.1) is 21.1 Å². The second-order valence-corrected chi connectivity index (χ2v) is 6.73. The monoisotopic (exact) mass is 443 g/mol. The minimum Gasteiger partial charge on any atom is -0.478 e. The molecule has 0 saturated carbocycles. The summed E-state index contributed by atoms with van der Waals surface area (Å²) in [6.07, 6.45) is 0. The molecule has 8 nitrogen and oxygen atoms in total. The molecular formula is C22H18ClNO7. The third kappa shape index (κ3) is 6.03. The van der Waals surface area contributed by atoms with Crippen LogP contribution in [0.2, 0.25) is 5.02 Å². The first-order chi connectivity index (χ1) is 14.6. The summed E-state index contributed by atoms with van der Waals surface area (Å²) in [5.41, 5.74) is 0.766. The number of halogens is 1. The Labute approximate surface area is 182 Å². The van der Waals surface area contributed by atoms with E-state index < -0.39 is 16.9 Å². The molecule has 3 aromatic rings. The highest BCUT2D eigenvalue weighted by atomic mass is 35.5. The van der Waals surface area contributed by atoms with E-state index in [4.69, 9.17) is 26.6 Å². The SMILES string of the molecule is Cc1c(C(=O)O)ccc(Cl)c1C(=O)O.Cc1cc([N+](=O)[O-])ccc1Oc1ccccc1. The smallest absolute Gasteiger partial charge is 0.337 e. The van der Waals surface area contributed by atoms with Crippen LogP contribution in [0.3, 0.4) is 0 Å². The van der Waals surface area contributed by atoms with E-state index in [-0.39, 0.29) is 27.4 Å². The van der Waals surface area contributed by atoms with E-state index in [1.54, 1.807) is 13.0 Å². The highest BCUT2D eigenvalue weighted by Crippen LogP contribution is 2.27. The highest BCUT2D eigenvalue weighted by molar-refractivity contribution is 6.33. The fraction of sp³-hybridized carbons (Fsp3) is 0.0909. The molecule has 0 heterocycles. The van der Waals surface area contributed by atoms with Crippen molar-refractivity contribution in [2.75, 3.05) is 0 Å². The Bertz CT molecular complexity index is 1130. The molecule has 0 atom stereocenters. The number of nitro benzene ring substituents is 1. The molecule has 0 aliphatic heterocycles. The van der Waals surface area contributed by atoms with Gasteiger partial charge in [0, 0.05) is 12.1 Å². The molecule has 0 radical (unpaired) electrons. The summed E-state index contributed by atoms with van der Waals surface area (Å²) in [5.74, 6) is -1.05. The zero-order chi connectivity index (χ0) is 23.1. The number of ether oxygens (including phenoxy) is 1. The molecule has 3 rings (SSSR count). The minimum absolute atomic E-state index is 0.0417. The molecule has 0 saturated heterocycles. The molecule has 2 N–H and O–H groups in total. The van der Waals surface area contributed by atoms with Crippen molar-refractivity contribution in [1.82, 2.24) is 0 Å². The van der Waals surface area contributed by atoms with Gasteiger partial charge in [0.2, 0.25) is 0 Å². The molecular weight excluding hydrogens is 426 g/mol. The van der Waals surface area contributed by atoms with Crippen LogP contribution in [0.25, 0.3) is 0 Å². The fourth-order valence-electron chi connectivity index (χ4n) is 2.65. The number of carbonyl (C=O) groups is 2. The lowest BCUT2D eigenvalue weighted by Crippen LogP contribution is -2.07. The number of benzene rings is 3. The van der Waals surface area contributed by atoms with Crippen molar-refractivity contribution < 1.29 is 29.5 Å². The number of para-hydroxylation sites is 1. The fourth-order valence-corrected chi connectivity index (χ4v) is 2.94. The van der Waals surface area contributed by atoms with Crippen LogP contribution in [0.4, 0.5) is 5.69 Å². The van der Waals surface area contributed by atoms with E-state index in [9.17, 15) is 19.7 Å². The summed E-state index contributed by atoms with van der Waals surface area (Å²) in [5, 5.41) is 28.1. The van der Waals surface area contributed by atoms with E-state index in [2.05, 4.69) is 0 Å². The van der Waals surface area contributed by atoms with E-state index in [0.29, 0.717) is 11.5 Å². The summed E-state index contributed by atoms with van der Waals surface area (Å²) in [4.78, 5) is 31.6. The predicted octanol–water partition coefficient (Wildman–Crippen LogP) is 5.74. The zero-order valence-electron chi connectivity index (χ0n) is 16.5. The van der Waals surface area contributed by atoms with Gasteiger partial charge >= 0.3 is 11.9 Å². The van der Waals surface area contributed by atoms with Crippen molar-refractivity contribution in [3.05, 3.63) is 98.1 Å². The Hall–Kier alpha value is -3.91. The summed E-state index contributed by atoms with van der Waals surface area (Å²) >= 11 is 5.63. The number of hydrogen-bond donors (Lipinski definition) is 2. The van der Waals surface area contributed by atoms with Gasteiger partial charge in [-0.3, -0.25) is 10.1 Å². The van der Waals surface area contributed by atoms with Gasteiger partial charge < -0.3 is 14.9 Å². The molecule has 0 spiro atoms. The molecule has 0 unspecified atom stereocenters. The molecule has 0 aromatic heterocycles. The molecule has 0 aliphatic carbocycles. The maximum atomic E-state index is 10.7. The van der Waals surface area contributed by atoms with Crippen molar-refractivity contribution in [3.8, 4) is 11.5 Å². The van der Waals surface area contributed by atoms with Crippen molar-refractivity contribution >= 4 is 29.2 Å². The van der Waals surface area contributed by atoms with Crippen LogP contribution in [0, 0.1) is 24.0 Å². The first kappa shape index (κ1) is 23.4. The average molecular weight is 444 g/mol. The first-order valence-corrected chi connectivity index (χ1v) is 9.23. The molecule has 0 fully saturated rings. The number of aryl methyl sites for hydroxylation is 1. The predicted molar refractivity (Wildman–Crippen MR) is 114 cm³/mol. The Kier molecular flexibility index (Phi) is 7.70. The first-order valence-electron chi connectivity index (χ1n) is 8.85. The standard InChI is InChI=1S/C13H11NO3.C9H7ClO4/c1-10-9-11(14(15)16)7-8-13(10)17-12-5-3-2-4-6-12;1-4-5(8(11)12)2-3-6(10)7(4)9(13)14/h2-9H,1H3;2-3H,1H3,(H,11,12)(H,13,14). The maximum Gasteiger partial charge on any atom is 0.337 e. The van der Waals surface area contributed by atoms with Crippen molar-refractivity contribution in [2.24, 2.45) is 0 Å². The van der Waals surface area contributed by atoms with Crippen LogP contribution in [0.5, 0.6) is 11.5 Å². The normalized spacial score (nSPS) is 9.90. The average Bonchev–Trinajstić information content (AvgIpc) is 2.70. The highest BCUT2D eigenvalue weighted by Gasteiger charge is 2.18. The lowest BCUT2D eigenvalue weighted by atomic mass is 10.0. The van der Waals surface area contributed by atoms with Crippen LogP contribution in [0.15, 0.2) is 60.7 Å². The number of carboxylic acid groups (broad SMARTS) is 2. The Morgan fingerprint density at radius 3 is 2.13 bits per heavy atom. The number of carboxylic acids is 2. The van der Waals surface area contributed by atoms with E-state index >= 15 is 0 Å². The van der Waals surface area contributed by atoms with Gasteiger partial charge in [-0.25, -0.2) is 9.59 Å². The van der Waals surface area contributed by atoms with Crippen LogP contribution < -0.4 is 4.74 Å². The maximum absolute atomic E-state index is 10.7. The molecule has 3 aromatic carbocycles. The van der Waals surface area contributed by atoms with Gasteiger partial charge in [-0.15, -0.1) is 0 Å². The lowest BCUT2D eigenvalue weighted by Gasteiger charge is -2.07. The van der Waals surface area contributed by atoms with Crippen LogP contribution in [0.1, 0.15) is 31.8 Å². The molecule has 31 heavy (non-hydrogen) atoms. The van der Waals surface area contributed by atoms with Gasteiger partial charge in [-0.05, 0) is 55.3 Å². The van der Waals surface area contributed by atoms with E-state index in [0.717, 1.165) is 5.56 Å². The Morgan fingerprint density at radius 1 is 0.968 bits per heavy atom. The van der Waals surface area contributed by atoms with Crippen molar-refractivity contribution in [2.45, 2.75) is 13.8 Å². The Morgan fingerprint density at radius 2 is 1.61 bits per heavy atom. The molecule has 9 heteroatoms. The van der Waals surface area contributed by atoms with Gasteiger partial charge in [0.15, 0.2) is 0 Å². The van der Waals surface area contributed by atoms with Crippen LogP contribution in [-0.4, -0.2) is 27.1 Å². The molecule has 0 aliphatic rings. The topological polar surface area (TPSA) is 127 Å². The van der Waals surface area contributed by atoms with Gasteiger partial charge in [0.25, 0.3) is 5.69 Å². The van der Waals surface area contributed by atoms with Gasteiger partial charge in [-0.1, -0.05) is 29.8 Å². The Balaban J connectivity index is 0.000000225. The minimum atomic E-state index is -1.23. The molecule has 0 amide bonds. The summed E-state index contributed by atoms with van der Waals surface area (Å²) < 4.78 is 5.62. The number of nitrogens with zero attached hydrogens (tertiary/aromatic N) is 1.